The lowest BCUT2D eigenvalue weighted by atomic mass is 10.1. The summed E-state index contributed by atoms with van der Waals surface area (Å²) in [6.07, 6.45) is -3.21. The molecule has 3 amide bonds. The number of fused-ring (bicyclic) bond motifs is 1. The summed E-state index contributed by atoms with van der Waals surface area (Å²) in [4.78, 5) is 49.5. The molecule has 2 aromatic carbocycles. The van der Waals surface area contributed by atoms with Crippen LogP contribution < -0.4 is 5.32 Å². The number of carbonyl (C=O) groups is 3. The van der Waals surface area contributed by atoms with E-state index >= 15 is 0 Å². The Bertz CT molecular complexity index is 1600. The highest BCUT2D eigenvalue weighted by Crippen LogP contribution is 2.30. The van der Waals surface area contributed by atoms with Gasteiger partial charge in [-0.3, -0.25) is 19.4 Å². The second-order valence-corrected chi connectivity index (χ2v) is 10.1. The highest BCUT2D eigenvalue weighted by molar-refractivity contribution is 6.06. The van der Waals surface area contributed by atoms with E-state index in [1.54, 1.807) is 29.2 Å². The Balaban J connectivity index is 1.25. The van der Waals surface area contributed by atoms with E-state index in [9.17, 15) is 32.7 Å². The van der Waals surface area contributed by atoms with Gasteiger partial charge >= 0.3 is 6.18 Å². The summed E-state index contributed by atoms with van der Waals surface area (Å²) < 4.78 is 38.4. The van der Waals surface area contributed by atoms with Crippen molar-refractivity contribution in [1.82, 2.24) is 25.1 Å². The Morgan fingerprint density at radius 3 is 2.45 bits per heavy atom. The zero-order valence-electron chi connectivity index (χ0n) is 22.6. The Labute approximate surface area is 239 Å². The van der Waals surface area contributed by atoms with Crippen molar-refractivity contribution >= 4 is 28.8 Å². The molecule has 3 N–H and O–H groups in total. The Morgan fingerprint density at radius 1 is 1.07 bits per heavy atom. The zero-order valence-corrected chi connectivity index (χ0v) is 22.6. The molecule has 0 aliphatic carbocycles. The van der Waals surface area contributed by atoms with Crippen LogP contribution in [0.4, 0.5) is 13.2 Å². The summed E-state index contributed by atoms with van der Waals surface area (Å²) in [7, 11) is 0. The molecule has 0 radical (unpaired) electrons. The van der Waals surface area contributed by atoms with Crippen LogP contribution in [0.2, 0.25) is 0 Å². The highest BCUT2D eigenvalue weighted by atomic mass is 19.4. The van der Waals surface area contributed by atoms with Crippen LogP contribution in [0.15, 0.2) is 73.1 Å². The first-order chi connectivity index (χ1) is 20.0. The van der Waals surface area contributed by atoms with E-state index in [-0.39, 0.29) is 41.7 Å². The third-order valence-electron chi connectivity index (χ3n) is 7.32. The van der Waals surface area contributed by atoms with Gasteiger partial charge in [0.25, 0.3) is 17.7 Å². The van der Waals surface area contributed by atoms with Crippen molar-refractivity contribution < 1.29 is 32.7 Å². The fourth-order valence-electron chi connectivity index (χ4n) is 5.05. The van der Waals surface area contributed by atoms with Gasteiger partial charge in [0.2, 0.25) is 0 Å². The van der Waals surface area contributed by atoms with Crippen LogP contribution in [0.1, 0.15) is 50.4 Å². The van der Waals surface area contributed by atoms with E-state index in [1.807, 2.05) is 13.0 Å². The number of aliphatic hydroxyl groups is 1. The smallest absolute Gasteiger partial charge is 0.378 e. The molecule has 1 aliphatic heterocycles. The van der Waals surface area contributed by atoms with Crippen LogP contribution in [0.5, 0.6) is 0 Å². The molecule has 4 aromatic rings. The van der Waals surface area contributed by atoms with Crippen molar-refractivity contribution in [3.05, 3.63) is 101 Å². The monoisotopic (exact) mass is 579 g/mol. The van der Waals surface area contributed by atoms with Crippen LogP contribution >= 0.6 is 0 Å². The molecule has 9 nitrogen and oxygen atoms in total. The van der Waals surface area contributed by atoms with Gasteiger partial charge in [-0.1, -0.05) is 30.3 Å². The summed E-state index contributed by atoms with van der Waals surface area (Å²) in [5.74, 6) is -1.18. The molecule has 1 saturated heterocycles. The molecule has 1 fully saturated rings. The van der Waals surface area contributed by atoms with Gasteiger partial charge in [-0.25, -0.2) is 0 Å². The van der Waals surface area contributed by atoms with E-state index in [0.29, 0.717) is 29.7 Å². The van der Waals surface area contributed by atoms with Crippen LogP contribution in [0, 0.1) is 0 Å². The number of nitrogens with one attached hydrogen (secondary N) is 2. The number of carbonyl (C=O) groups excluding carboxylic acids is 3. The largest absolute Gasteiger partial charge is 0.416 e. The van der Waals surface area contributed by atoms with Crippen LogP contribution in [-0.4, -0.2) is 68.3 Å². The molecule has 5 rings (SSSR count). The van der Waals surface area contributed by atoms with E-state index in [1.165, 1.54) is 35.5 Å². The SMILES string of the molecule is CC1CN(C(=O)c2ccccc2)CCN1C(=O)C(O)c1c[nH]c2c(C(=O)NCc3ccc(C(F)(F)F)cc3)ccnc12. The van der Waals surface area contributed by atoms with Gasteiger partial charge in [0.05, 0.1) is 22.2 Å². The van der Waals surface area contributed by atoms with Gasteiger partial charge in [0.1, 0.15) is 0 Å². The van der Waals surface area contributed by atoms with E-state index < -0.39 is 29.7 Å². The average Bonchev–Trinajstić information content (AvgIpc) is 3.43. The minimum atomic E-state index is -4.45. The molecule has 1 aliphatic rings. The molecule has 218 valence electrons. The third-order valence-corrected chi connectivity index (χ3v) is 7.32. The highest BCUT2D eigenvalue weighted by Gasteiger charge is 2.35. The third kappa shape index (κ3) is 5.84. The minimum absolute atomic E-state index is 0.00783. The number of hydrogen-bond donors (Lipinski definition) is 3. The fourth-order valence-corrected chi connectivity index (χ4v) is 5.05. The Morgan fingerprint density at radius 2 is 1.79 bits per heavy atom. The minimum Gasteiger partial charge on any atom is -0.378 e. The number of alkyl halides is 3. The maximum absolute atomic E-state index is 13.3. The molecule has 3 heterocycles. The number of aromatic amines is 1. The van der Waals surface area contributed by atoms with Crippen LogP contribution in [0.3, 0.4) is 0 Å². The van der Waals surface area contributed by atoms with E-state index in [0.717, 1.165) is 12.1 Å². The Hall–Kier alpha value is -4.71. The predicted octanol–water partition coefficient (Wildman–Crippen LogP) is 3.92. The molecule has 0 saturated carbocycles. The van der Waals surface area contributed by atoms with E-state index in [2.05, 4.69) is 15.3 Å². The van der Waals surface area contributed by atoms with Crippen molar-refractivity contribution in [2.45, 2.75) is 31.8 Å². The molecule has 12 heteroatoms. The maximum atomic E-state index is 13.3. The molecule has 42 heavy (non-hydrogen) atoms. The maximum Gasteiger partial charge on any atom is 0.416 e. The van der Waals surface area contributed by atoms with Crippen LogP contribution in [0.25, 0.3) is 11.0 Å². The van der Waals surface area contributed by atoms with Gasteiger partial charge in [0, 0.05) is 55.7 Å². The molecule has 2 unspecified atom stereocenters. The average molecular weight is 580 g/mol. The lowest BCUT2D eigenvalue weighted by Crippen LogP contribution is -2.56. The number of aromatic nitrogens is 2. The molecule has 2 aromatic heterocycles. The number of benzene rings is 2. The van der Waals surface area contributed by atoms with Crippen molar-refractivity contribution in [3.63, 3.8) is 0 Å². The molecular formula is C30H28F3N5O4. The van der Waals surface area contributed by atoms with Crippen molar-refractivity contribution in [1.29, 1.82) is 0 Å². The summed E-state index contributed by atoms with van der Waals surface area (Å²) in [6, 6.07) is 14.5. The van der Waals surface area contributed by atoms with Crippen LogP contribution in [-0.2, 0) is 17.5 Å². The number of aliphatic hydroxyl groups excluding tert-OH is 1. The quantitative estimate of drug-likeness (QED) is 0.320. The number of H-pyrrole nitrogens is 1. The second kappa shape index (κ2) is 11.6. The molecule has 0 bridgehead atoms. The predicted molar refractivity (Wildman–Crippen MR) is 147 cm³/mol. The summed E-state index contributed by atoms with van der Waals surface area (Å²) in [5, 5.41) is 13.7. The van der Waals surface area contributed by atoms with Gasteiger partial charge < -0.3 is 25.2 Å². The number of pyridine rings is 1. The van der Waals surface area contributed by atoms with Gasteiger partial charge in [-0.05, 0) is 42.8 Å². The normalized spacial score (nSPS) is 16.4. The molecule has 2 atom stereocenters. The number of halogens is 3. The van der Waals surface area contributed by atoms with Crippen molar-refractivity contribution in [3.8, 4) is 0 Å². The molecular weight excluding hydrogens is 551 g/mol. The lowest BCUT2D eigenvalue weighted by Gasteiger charge is -2.40. The lowest BCUT2D eigenvalue weighted by molar-refractivity contribution is -0.144. The second-order valence-electron chi connectivity index (χ2n) is 10.1. The summed E-state index contributed by atoms with van der Waals surface area (Å²) >= 11 is 0. The number of piperazine rings is 1. The first-order valence-corrected chi connectivity index (χ1v) is 13.3. The zero-order chi connectivity index (χ0) is 30.0. The molecule has 0 spiro atoms. The standard InChI is InChI=1S/C30H28F3N5O4/c1-18-17-37(28(41)20-5-3-2-4-6-20)13-14-38(18)29(42)26(39)23-16-35-24-22(11-12-34-25(23)24)27(40)36-15-19-7-9-21(10-8-19)30(31,32)33/h2-12,16,18,26,35,39H,13-15,17H2,1H3,(H,36,40). The number of nitrogens with zero attached hydrogens (tertiary/aromatic N) is 3. The van der Waals surface area contributed by atoms with Gasteiger partial charge in [-0.2, -0.15) is 13.2 Å². The summed E-state index contributed by atoms with van der Waals surface area (Å²) in [5.41, 5.74) is 1.20. The van der Waals surface area contributed by atoms with E-state index in [4.69, 9.17) is 0 Å². The van der Waals surface area contributed by atoms with Crippen molar-refractivity contribution in [2.75, 3.05) is 19.6 Å². The fraction of sp³-hybridized carbons (Fsp3) is 0.267. The topological polar surface area (TPSA) is 119 Å². The van der Waals surface area contributed by atoms with Gasteiger partial charge in [-0.15, -0.1) is 0 Å². The first kappa shape index (κ1) is 28.8. The summed E-state index contributed by atoms with van der Waals surface area (Å²) in [6.45, 7) is 2.66. The van der Waals surface area contributed by atoms with Crippen molar-refractivity contribution in [2.24, 2.45) is 0 Å². The number of rotatable bonds is 6. The first-order valence-electron chi connectivity index (χ1n) is 13.3. The Kier molecular flexibility index (Phi) is 7.99. The number of hydrogen-bond acceptors (Lipinski definition) is 5. The number of amides is 3. The van der Waals surface area contributed by atoms with Gasteiger partial charge in [0.15, 0.2) is 6.10 Å².